The van der Waals surface area contributed by atoms with Gasteiger partial charge in [0.05, 0.1) is 25.4 Å². The second-order valence-corrected chi connectivity index (χ2v) is 17.5. The van der Waals surface area contributed by atoms with Crippen molar-refractivity contribution in [2.45, 2.75) is 276 Å². The van der Waals surface area contributed by atoms with E-state index in [2.05, 4.69) is 43.5 Å². The van der Waals surface area contributed by atoms with Crippen LogP contribution in [0.4, 0.5) is 0 Å². The van der Waals surface area contributed by atoms with E-state index >= 15 is 0 Å². The maximum atomic E-state index is 12.4. The predicted molar refractivity (Wildman–Crippen MR) is 255 cm³/mol. The topological polar surface area (TPSA) is 95.9 Å². The zero-order valence-corrected chi connectivity index (χ0v) is 39.2. The number of aliphatic hydroxyl groups is 2. The molecule has 0 aromatic rings. The lowest BCUT2D eigenvalue weighted by Crippen LogP contribution is -2.45. The Labute approximate surface area is 366 Å². The van der Waals surface area contributed by atoms with Crippen LogP contribution in [-0.2, 0) is 14.3 Å². The number of nitrogens with one attached hydrogen (secondary N) is 1. The van der Waals surface area contributed by atoms with Gasteiger partial charge in [-0.3, -0.25) is 9.59 Å². The van der Waals surface area contributed by atoms with E-state index in [9.17, 15) is 19.8 Å². The maximum Gasteiger partial charge on any atom is 0.305 e. The molecule has 0 aliphatic rings. The molecule has 0 fully saturated rings. The van der Waals surface area contributed by atoms with Gasteiger partial charge < -0.3 is 20.3 Å². The van der Waals surface area contributed by atoms with Crippen molar-refractivity contribution in [2.24, 2.45) is 0 Å². The minimum absolute atomic E-state index is 0.0193. The van der Waals surface area contributed by atoms with E-state index in [1.807, 2.05) is 6.08 Å². The number of aliphatic hydroxyl groups excluding tert-OH is 2. The fourth-order valence-electron chi connectivity index (χ4n) is 7.67. The molecule has 0 aliphatic carbocycles. The molecule has 0 saturated carbocycles. The highest BCUT2D eigenvalue weighted by atomic mass is 16.5. The SMILES string of the molecule is CCC/C=C\C/C=C\CCCCCCCC(=O)OCCCCCCCCCCCCCCCCC(=O)NC(CO)C(O)/C=C/CCCCCCCCCCCCCCC. The van der Waals surface area contributed by atoms with Gasteiger partial charge in [0.15, 0.2) is 0 Å². The first-order valence-corrected chi connectivity index (χ1v) is 25.8. The lowest BCUT2D eigenvalue weighted by Gasteiger charge is -2.20. The summed E-state index contributed by atoms with van der Waals surface area (Å²) in [6, 6.07) is -0.636. The molecule has 6 heteroatoms. The summed E-state index contributed by atoms with van der Waals surface area (Å²) in [6.07, 6.45) is 58.5. The zero-order valence-electron chi connectivity index (χ0n) is 39.2. The number of hydrogen-bond acceptors (Lipinski definition) is 5. The van der Waals surface area contributed by atoms with Gasteiger partial charge in [-0.05, 0) is 57.8 Å². The summed E-state index contributed by atoms with van der Waals surface area (Å²) in [5, 5.41) is 23.1. The molecule has 1 amide bonds. The molecule has 0 aliphatic heterocycles. The van der Waals surface area contributed by atoms with Crippen molar-refractivity contribution in [3.05, 3.63) is 36.5 Å². The van der Waals surface area contributed by atoms with Crippen LogP contribution >= 0.6 is 0 Å². The fraction of sp³-hybridized carbons (Fsp3) is 0.849. The monoisotopic (exact) mass is 830 g/mol. The average Bonchev–Trinajstić information content (AvgIpc) is 3.24. The molecule has 0 heterocycles. The van der Waals surface area contributed by atoms with E-state index in [1.165, 1.54) is 167 Å². The van der Waals surface area contributed by atoms with Crippen LogP contribution in [0.5, 0.6) is 0 Å². The van der Waals surface area contributed by atoms with Crippen LogP contribution in [0.15, 0.2) is 36.5 Å². The van der Waals surface area contributed by atoms with Gasteiger partial charge in [0.25, 0.3) is 0 Å². The second-order valence-electron chi connectivity index (χ2n) is 17.5. The molecule has 2 unspecified atom stereocenters. The van der Waals surface area contributed by atoms with Crippen molar-refractivity contribution in [3.63, 3.8) is 0 Å². The number of carbonyl (C=O) groups is 2. The van der Waals surface area contributed by atoms with E-state index in [1.54, 1.807) is 6.08 Å². The zero-order chi connectivity index (χ0) is 43.0. The third kappa shape index (κ3) is 45.4. The van der Waals surface area contributed by atoms with Gasteiger partial charge in [0.1, 0.15) is 0 Å². The van der Waals surface area contributed by atoms with E-state index in [0.29, 0.717) is 19.4 Å². The molecule has 0 aromatic carbocycles. The minimum atomic E-state index is -0.852. The molecule has 346 valence electrons. The van der Waals surface area contributed by atoms with Crippen molar-refractivity contribution < 1.29 is 24.5 Å². The summed E-state index contributed by atoms with van der Waals surface area (Å²) >= 11 is 0. The van der Waals surface area contributed by atoms with Crippen molar-refractivity contribution in [2.75, 3.05) is 13.2 Å². The van der Waals surface area contributed by atoms with Crippen molar-refractivity contribution >= 4 is 11.9 Å². The summed E-state index contributed by atoms with van der Waals surface area (Å²) in [7, 11) is 0. The third-order valence-electron chi connectivity index (χ3n) is 11.6. The molecule has 0 aromatic heterocycles. The number of hydrogen-bond donors (Lipinski definition) is 3. The van der Waals surface area contributed by atoms with Gasteiger partial charge in [-0.2, -0.15) is 0 Å². The number of carbonyl (C=O) groups excluding carboxylic acids is 2. The molecule has 6 nitrogen and oxygen atoms in total. The lowest BCUT2D eigenvalue weighted by atomic mass is 10.0. The number of ether oxygens (including phenoxy) is 1. The van der Waals surface area contributed by atoms with E-state index in [0.717, 1.165) is 70.6 Å². The summed E-state index contributed by atoms with van der Waals surface area (Å²) in [5.74, 6) is -0.0987. The quantitative estimate of drug-likeness (QED) is 0.0323. The Balaban J connectivity index is 3.49. The highest BCUT2D eigenvalue weighted by Gasteiger charge is 2.18. The normalized spacial score (nSPS) is 12.9. The summed E-state index contributed by atoms with van der Waals surface area (Å²) in [5.41, 5.74) is 0. The molecular formula is C53H99NO5. The van der Waals surface area contributed by atoms with Gasteiger partial charge in [-0.25, -0.2) is 0 Å². The second kappa shape index (κ2) is 48.7. The van der Waals surface area contributed by atoms with Crippen LogP contribution in [0.2, 0.25) is 0 Å². The summed E-state index contributed by atoms with van der Waals surface area (Å²) < 4.78 is 5.45. The average molecular weight is 830 g/mol. The first-order chi connectivity index (χ1) is 29.0. The molecule has 0 rings (SSSR count). The number of rotatable bonds is 47. The van der Waals surface area contributed by atoms with Gasteiger partial charge >= 0.3 is 5.97 Å². The molecule has 2 atom stereocenters. The Kier molecular flexibility index (Phi) is 47.2. The molecule has 0 bridgehead atoms. The van der Waals surface area contributed by atoms with Gasteiger partial charge in [-0.15, -0.1) is 0 Å². The van der Waals surface area contributed by atoms with Gasteiger partial charge in [0, 0.05) is 12.8 Å². The van der Waals surface area contributed by atoms with E-state index in [4.69, 9.17) is 4.74 Å². The minimum Gasteiger partial charge on any atom is -0.466 e. The molecule has 3 N–H and O–H groups in total. The van der Waals surface area contributed by atoms with Crippen LogP contribution in [-0.4, -0.2) is 47.4 Å². The van der Waals surface area contributed by atoms with Crippen LogP contribution in [0.1, 0.15) is 264 Å². The number of allylic oxidation sites excluding steroid dienone is 5. The number of esters is 1. The predicted octanol–water partition coefficient (Wildman–Crippen LogP) is 15.3. The van der Waals surface area contributed by atoms with Crippen LogP contribution in [0.25, 0.3) is 0 Å². The Morgan fingerprint density at radius 3 is 1.36 bits per heavy atom. The van der Waals surface area contributed by atoms with Crippen LogP contribution < -0.4 is 5.32 Å². The summed E-state index contributed by atoms with van der Waals surface area (Å²) in [4.78, 5) is 24.4. The number of unbranched alkanes of at least 4 members (excludes halogenated alkanes) is 32. The highest BCUT2D eigenvalue weighted by molar-refractivity contribution is 5.76. The smallest absolute Gasteiger partial charge is 0.305 e. The molecule has 0 saturated heterocycles. The van der Waals surface area contributed by atoms with Crippen LogP contribution in [0.3, 0.4) is 0 Å². The lowest BCUT2D eigenvalue weighted by molar-refractivity contribution is -0.143. The van der Waals surface area contributed by atoms with Crippen molar-refractivity contribution in [1.29, 1.82) is 0 Å². The number of amides is 1. The largest absolute Gasteiger partial charge is 0.466 e. The maximum absolute atomic E-state index is 12.4. The molecular weight excluding hydrogens is 731 g/mol. The Morgan fingerprint density at radius 1 is 0.475 bits per heavy atom. The van der Waals surface area contributed by atoms with Crippen LogP contribution in [0, 0.1) is 0 Å². The van der Waals surface area contributed by atoms with Gasteiger partial charge in [-0.1, -0.05) is 230 Å². The first kappa shape index (κ1) is 57.1. The molecule has 59 heavy (non-hydrogen) atoms. The molecule has 0 spiro atoms. The van der Waals surface area contributed by atoms with E-state index < -0.39 is 12.1 Å². The Morgan fingerprint density at radius 2 is 0.881 bits per heavy atom. The van der Waals surface area contributed by atoms with E-state index in [-0.39, 0.29) is 18.5 Å². The van der Waals surface area contributed by atoms with Crippen molar-refractivity contribution in [3.8, 4) is 0 Å². The third-order valence-corrected chi connectivity index (χ3v) is 11.6. The Bertz CT molecular complexity index is 962. The molecule has 0 radical (unpaired) electrons. The highest BCUT2D eigenvalue weighted by Crippen LogP contribution is 2.16. The van der Waals surface area contributed by atoms with Crippen molar-refractivity contribution in [1.82, 2.24) is 5.32 Å². The first-order valence-electron chi connectivity index (χ1n) is 25.8. The van der Waals surface area contributed by atoms with Gasteiger partial charge in [0.2, 0.25) is 5.91 Å². The Hall–Kier alpha value is -1.92. The summed E-state index contributed by atoms with van der Waals surface area (Å²) in [6.45, 7) is 4.80. The standard InChI is InChI=1S/C53H99NO5/c1-3-5-7-9-11-13-15-17-18-22-25-29-33-37-41-45-51(56)50(49-55)54-52(57)46-42-38-34-30-26-23-19-20-24-28-32-36-40-44-48-59-53(58)47-43-39-35-31-27-21-16-14-12-10-8-6-4-2/h8,10,14,16,41,45,50-51,55-56H,3-7,9,11-13,15,17-40,42-44,46-49H2,1-2H3,(H,54,57)/b10-8-,16-14-,45-41+. The fourth-order valence-corrected chi connectivity index (χ4v) is 7.67.